The molecule has 108 valence electrons. The summed E-state index contributed by atoms with van der Waals surface area (Å²) in [7, 11) is 0. The van der Waals surface area contributed by atoms with Gasteiger partial charge < -0.3 is 20.8 Å². The Hall–Kier alpha value is -2.28. The fourth-order valence-electron chi connectivity index (χ4n) is 1.41. The molecule has 0 spiro atoms. The summed E-state index contributed by atoms with van der Waals surface area (Å²) in [4.78, 5) is 32.9. The zero-order valence-corrected chi connectivity index (χ0v) is 11.3. The van der Waals surface area contributed by atoms with E-state index in [2.05, 4.69) is 5.32 Å². The molecule has 0 aliphatic heterocycles. The number of hydrogen-bond donors (Lipinski definition) is 4. The molecule has 0 saturated carbocycles. The summed E-state index contributed by atoms with van der Waals surface area (Å²) in [5.41, 5.74) is 1.20. The van der Waals surface area contributed by atoms with Crippen LogP contribution in [0.25, 0.3) is 0 Å². The minimum atomic E-state index is -1.52. The van der Waals surface area contributed by atoms with Crippen LogP contribution in [-0.2, 0) is 9.59 Å². The van der Waals surface area contributed by atoms with Crippen LogP contribution in [0.2, 0.25) is 5.02 Å². The van der Waals surface area contributed by atoms with Gasteiger partial charge in [0.25, 0.3) is 0 Å². The number of halogens is 1. The molecular weight excluding hydrogens is 288 g/mol. The van der Waals surface area contributed by atoms with Crippen molar-refractivity contribution in [2.75, 3.05) is 5.32 Å². The summed E-state index contributed by atoms with van der Waals surface area (Å²) in [6.45, 7) is 1.82. The van der Waals surface area contributed by atoms with Gasteiger partial charge in [0.2, 0.25) is 0 Å². The lowest BCUT2D eigenvalue weighted by atomic mass is 10.2. The van der Waals surface area contributed by atoms with Gasteiger partial charge in [-0.2, -0.15) is 0 Å². The van der Waals surface area contributed by atoms with Crippen molar-refractivity contribution in [1.29, 1.82) is 0 Å². The number of aliphatic carboxylic acids is 2. The molecule has 0 fully saturated rings. The number of rotatable bonds is 5. The van der Waals surface area contributed by atoms with Crippen LogP contribution in [0.1, 0.15) is 12.0 Å². The van der Waals surface area contributed by atoms with Gasteiger partial charge in [0.05, 0.1) is 17.1 Å². The SMILES string of the molecule is Cc1ccc(NC(=O)N[C@@H](CC(=O)O)C(=O)O)c(Cl)c1. The van der Waals surface area contributed by atoms with Gasteiger partial charge in [-0.25, -0.2) is 9.59 Å². The molecule has 0 heterocycles. The average molecular weight is 301 g/mol. The van der Waals surface area contributed by atoms with Crippen LogP contribution in [0.5, 0.6) is 0 Å². The van der Waals surface area contributed by atoms with Gasteiger partial charge in [-0.15, -0.1) is 0 Å². The number of carboxylic acid groups (broad SMARTS) is 2. The number of carbonyl (C=O) groups is 3. The number of amides is 2. The lowest BCUT2D eigenvalue weighted by Crippen LogP contribution is -2.44. The lowest BCUT2D eigenvalue weighted by Gasteiger charge is -2.14. The van der Waals surface area contributed by atoms with Gasteiger partial charge in [-0.05, 0) is 24.6 Å². The lowest BCUT2D eigenvalue weighted by molar-refractivity contribution is -0.145. The third-order valence-corrected chi connectivity index (χ3v) is 2.67. The number of carbonyl (C=O) groups excluding carboxylic acids is 1. The quantitative estimate of drug-likeness (QED) is 0.660. The fraction of sp³-hybridized carbons (Fsp3) is 0.250. The van der Waals surface area contributed by atoms with Gasteiger partial charge >= 0.3 is 18.0 Å². The highest BCUT2D eigenvalue weighted by molar-refractivity contribution is 6.33. The van der Waals surface area contributed by atoms with Crippen molar-refractivity contribution in [2.45, 2.75) is 19.4 Å². The summed E-state index contributed by atoms with van der Waals surface area (Å²) in [6, 6.07) is 2.54. The Kier molecular flexibility index (Phi) is 5.33. The van der Waals surface area contributed by atoms with Crippen molar-refractivity contribution in [3.05, 3.63) is 28.8 Å². The van der Waals surface area contributed by atoms with Crippen LogP contribution in [0, 0.1) is 6.92 Å². The molecule has 1 atom stereocenters. The van der Waals surface area contributed by atoms with E-state index in [1.807, 2.05) is 12.2 Å². The molecule has 8 heteroatoms. The van der Waals surface area contributed by atoms with Crippen LogP contribution in [-0.4, -0.2) is 34.2 Å². The van der Waals surface area contributed by atoms with E-state index in [9.17, 15) is 14.4 Å². The molecule has 0 aliphatic carbocycles. The van der Waals surface area contributed by atoms with Crippen molar-refractivity contribution < 1.29 is 24.6 Å². The average Bonchev–Trinajstić information content (AvgIpc) is 2.31. The molecule has 20 heavy (non-hydrogen) atoms. The first-order chi connectivity index (χ1) is 9.29. The first kappa shape index (κ1) is 15.8. The van der Waals surface area contributed by atoms with Gasteiger partial charge in [0, 0.05) is 0 Å². The molecule has 0 saturated heterocycles. The van der Waals surface area contributed by atoms with E-state index in [-0.39, 0.29) is 0 Å². The van der Waals surface area contributed by atoms with Crippen molar-refractivity contribution in [3.63, 3.8) is 0 Å². The normalized spacial score (nSPS) is 11.5. The van der Waals surface area contributed by atoms with Crippen molar-refractivity contribution in [2.24, 2.45) is 0 Å². The number of aryl methyl sites for hydroxylation is 1. The summed E-state index contributed by atoms with van der Waals surface area (Å²) >= 11 is 5.90. The minimum Gasteiger partial charge on any atom is -0.481 e. The molecule has 2 amide bonds. The predicted molar refractivity (Wildman–Crippen MR) is 72.0 cm³/mol. The van der Waals surface area contributed by atoms with Crippen LogP contribution in [0.15, 0.2) is 18.2 Å². The number of urea groups is 1. The van der Waals surface area contributed by atoms with E-state index in [1.54, 1.807) is 18.2 Å². The molecule has 0 aliphatic rings. The van der Waals surface area contributed by atoms with Gasteiger partial charge in [-0.3, -0.25) is 4.79 Å². The minimum absolute atomic E-state index is 0.297. The van der Waals surface area contributed by atoms with Crippen LogP contribution in [0.3, 0.4) is 0 Å². The number of nitrogens with one attached hydrogen (secondary N) is 2. The highest BCUT2D eigenvalue weighted by Gasteiger charge is 2.23. The zero-order chi connectivity index (χ0) is 15.3. The molecule has 0 bridgehead atoms. The Bertz CT molecular complexity index is 547. The zero-order valence-electron chi connectivity index (χ0n) is 10.5. The Labute approximate surface area is 119 Å². The van der Waals surface area contributed by atoms with Crippen molar-refractivity contribution in [1.82, 2.24) is 5.32 Å². The summed E-state index contributed by atoms with van der Waals surface area (Å²) in [5, 5.41) is 22.1. The molecule has 1 rings (SSSR count). The molecule has 0 aromatic heterocycles. The maximum absolute atomic E-state index is 11.6. The van der Waals surface area contributed by atoms with Crippen LogP contribution >= 0.6 is 11.6 Å². The summed E-state index contributed by atoms with van der Waals surface area (Å²) in [6.07, 6.45) is -0.718. The summed E-state index contributed by atoms with van der Waals surface area (Å²) < 4.78 is 0. The fourth-order valence-corrected chi connectivity index (χ4v) is 1.70. The number of benzene rings is 1. The number of hydrogen-bond acceptors (Lipinski definition) is 3. The van der Waals surface area contributed by atoms with E-state index in [4.69, 9.17) is 21.8 Å². The van der Waals surface area contributed by atoms with Crippen molar-refractivity contribution in [3.8, 4) is 0 Å². The Morgan fingerprint density at radius 1 is 1.30 bits per heavy atom. The molecule has 7 nitrogen and oxygen atoms in total. The van der Waals surface area contributed by atoms with Gasteiger partial charge in [0.15, 0.2) is 0 Å². The third kappa shape index (κ3) is 4.77. The largest absolute Gasteiger partial charge is 0.481 e. The number of carboxylic acids is 2. The topological polar surface area (TPSA) is 116 Å². The molecule has 0 unspecified atom stereocenters. The van der Waals surface area contributed by atoms with E-state index < -0.39 is 30.4 Å². The first-order valence-electron chi connectivity index (χ1n) is 5.58. The Morgan fingerprint density at radius 2 is 1.95 bits per heavy atom. The Balaban J connectivity index is 2.70. The second kappa shape index (κ2) is 6.76. The second-order valence-electron chi connectivity index (χ2n) is 4.07. The third-order valence-electron chi connectivity index (χ3n) is 2.35. The first-order valence-corrected chi connectivity index (χ1v) is 5.95. The molecule has 0 radical (unpaired) electrons. The van der Waals surface area contributed by atoms with Crippen LogP contribution < -0.4 is 10.6 Å². The van der Waals surface area contributed by atoms with Crippen molar-refractivity contribution >= 4 is 35.3 Å². The standard InChI is InChI=1S/C12H13ClN2O5/c1-6-2-3-8(7(13)4-6)14-12(20)15-9(11(18)19)5-10(16)17/h2-4,9H,5H2,1H3,(H,16,17)(H,18,19)(H2,14,15,20)/t9-/m0/s1. The number of anilines is 1. The van der Waals surface area contributed by atoms with Gasteiger partial charge in [0.1, 0.15) is 6.04 Å². The van der Waals surface area contributed by atoms with E-state index in [1.165, 1.54) is 0 Å². The second-order valence-corrected chi connectivity index (χ2v) is 4.48. The maximum atomic E-state index is 11.6. The van der Waals surface area contributed by atoms with Gasteiger partial charge in [-0.1, -0.05) is 17.7 Å². The smallest absolute Gasteiger partial charge is 0.326 e. The highest BCUT2D eigenvalue weighted by Crippen LogP contribution is 2.22. The molecular formula is C12H13ClN2O5. The van der Waals surface area contributed by atoms with E-state index in [0.29, 0.717) is 10.7 Å². The Morgan fingerprint density at radius 3 is 2.45 bits per heavy atom. The highest BCUT2D eigenvalue weighted by atomic mass is 35.5. The molecule has 4 N–H and O–H groups in total. The van der Waals surface area contributed by atoms with E-state index in [0.717, 1.165) is 5.56 Å². The van der Waals surface area contributed by atoms with Crippen LogP contribution in [0.4, 0.5) is 10.5 Å². The molecule has 1 aromatic rings. The maximum Gasteiger partial charge on any atom is 0.326 e. The predicted octanol–water partition coefficient (Wildman–Crippen LogP) is 1.70. The van der Waals surface area contributed by atoms with E-state index >= 15 is 0 Å². The summed E-state index contributed by atoms with van der Waals surface area (Å²) in [5.74, 6) is -2.76. The molecule has 1 aromatic carbocycles. The monoisotopic (exact) mass is 300 g/mol.